The number of piperidine rings is 1. The van der Waals surface area contributed by atoms with Crippen molar-refractivity contribution in [2.45, 2.75) is 25.8 Å². The number of rotatable bonds is 2. The summed E-state index contributed by atoms with van der Waals surface area (Å²) in [6.45, 7) is 4.29. The molecule has 88 valence electrons. The van der Waals surface area contributed by atoms with E-state index in [1.165, 1.54) is 0 Å². The summed E-state index contributed by atoms with van der Waals surface area (Å²) in [5.41, 5.74) is 7.78. The fraction of sp³-hybridized carbons (Fsp3) is 0.583. The largest absolute Gasteiger partial charge is 0.396 e. The normalized spacial score (nSPS) is 18.6. The van der Waals surface area contributed by atoms with E-state index in [0.29, 0.717) is 6.04 Å². The quantitative estimate of drug-likeness (QED) is 0.792. The molecule has 1 aliphatic heterocycles. The van der Waals surface area contributed by atoms with Gasteiger partial charge in [0.1, 0.15) is 5.82 Å². The van der Waals surface area contributed by atoms with Gasteiger partial charge < -0.3 is 16.0 Å². The van der Waals surface area contributed by atoms with E-state index in [1.54, 1.807) is 0 Å². The molecule has 0 aromatic carbocycles. The fourth-order valence-electron chi connectivity index (χ4n) is 2.06. The zero-order valence-electron chi connectivity index (χ0n) is 10.0. The van der Waals surface area contributed by atoms with Crippen LogP contribution in [0.3, 0.4) is 0 Å². The smallest absolute Gasteiger partial charge is 0.149 e. The molecular formula is C12H20N4. The van der Waals surface area contributed by atoms with Crippen LogP contribution in [0.5, 0.6) is 0 Å². The minimum absolute atomic E-state index is 0.508. The van der Waals surface area contributed by atoms with Crippen LogP contribution in [0.4, 0.5) is 11.5 Å². The molecule has 0 atom stereocenters. The molecule has 4 heteroatoms. The van der Waals surface area contributed by atoms with E-state index in [4.69, 9.17) is 5.73 Å². The van der Waals surface area contributed by atoms with Gasteiger partial charge in [0, 0.05) is 12.2 Å². The monoisotopic (exact) mass is 220 g/mol. The van der Waals surface area contributed by atoms with Crippen molar-refractivity contribution < 1.29 is 0 Å². The fourth-order valence-corrected chi connectivity index (χ4v) is 2.06. The number of nitrogens with two attached hydrogens (primary N) is 1. The van der Waals surface area contributed by atoms with Crippen LogP contribution in [0.15, 0.2) is 12.3 Å². The van der Waals surface area contributed by atoms with E-state index in [2.05, 4.69) is 22.2 Å². The second-order valence-electron chi connectivity index (χ2n) is 4.67. The number of aryl methyl sites for hydroxylation is 1. The predicted molar refractivity (Wildman–Crippen MR) is 67.5 cm³/mol. The maximum atomic E-state index is 5.93. The number of anilines is 2. The number of nitrogens with one attached hydrogen (secondary N) is 1. The molecule has 0 unspecified atom stereocenters. The maximum Gasteiger partial charge on any atom is 0.149 e. The first kappa shape index (κ1) is 11.2. The first-order chi connectivity index (χ1) is 7.65. The van der Waals surface area contributed by atoms with Gasteiger partial charge in [-0.3, -0.25) is 0 Å². The maximum absolute atomic E-state index is 5.93. The molecule has 2 heterocycles. The topological polar surface area (TPSA) is 54.2 Å². The average Bonchev–Trinajstić information content (AvgIpc) is 2.25. The lowest BCUT2D eigenvalue weighted by Crippen LogP contribution is -2.37. The lowest BCUT2D eigenvalue weighted by atomic mass is 10.1. The lowest BCUT2D eigenvalue weighted by molar-refractivity contribution is 0.263. The number of pyridine rings is 1. The average molecular weight is 220 g/mol. The van der Waals surface area contributed by atoms with Gasteiger partial charge in [-0.25, -0.2) is 4.98 Å². The third-order valence-corrected chi connectivity index (χ3v) is 3.11. The Morgan fingerprint density at radius 3 is 2.75 bits per heavy atom. The van der Waals surface area contributed by atoms with Gasteiger partial charge in [-0.15, -0.1) is 0 Å². The van der Waals surface area contributed by atoms with Crippen LogP contribution >= 0.6 is 0 Å². The Morgan fingerprint density at radius 1 is 1.44 bits per heavy atom. The summed E-state index contributed by atoms with van der Waals surface area (Å²) in [6.07, 6.45) is 4.17. The van der Waals surface area contributed by atoms with E-state index in [0.717, 1.165) is 43.0 Å². The van der Waals surface area contributed by atoms with Crippen LogP contribution in [0, 0.1) is 6.92 Å². The first-order valence-corrected chi connectivity index (χ1v) is 5.82. The molecule has 0 saturated carbocycles. The molecule has 1 fully saturated rings. The molecular weight excluding hydrogens is 200 g/mol. The Bertz CT molecular complexity index is 356. The van der Waals surface area contributed by atoms with Crippen molar-refractivity contribution in [3.05, 3.63) is 17.8 Å². The van der Waals surface area contributed by atoms with Crippen molar-refractivity contribution in [1.29, 1.82) is 0 Å². The predicted octanol–water partition coefficient (Wildman–Crippen LogP) is 1.48. The van der Waals surface area contributed by atoms with Crippen molar-refractivity contribution in [2.24, 2.45) is 0 Å². The van der Waals surface area contributed by atoms with Crippen LogP contribution in [-0.2, 0) is 0 Å². The van der Waals surface area contributed by atoms with Gasteiger partial charge >= 0.3 is 0 Å². The molecule has 0 bridgehead atoms. The molecule has 0 amide bonds. The number of aromatic nitrogens is 1. The summed E-state index contributed by atoms with van der Waals surface area (Å²) >= 11 is 0. The van der Waals surface area contributed by atoms with E-state index < -0.39 is 0 Å². The Balaban J connectivity index is 1.98. The summed E-state index contributed by atoms with van der Waals surface area (Å²) < 4.78 is 0. The SMILES string of the molecule is Cc1cnc(NC2CCN(C)CC2)c(N)c1. The van der Waals surface area contributed by atoms with Gasteiger partial charge in [0.15, 0.2) is 0 Å². The number of hydrogen-bond donors (Lipinski definition) is 2. The van der Waals surface area contributed by atoms with E-state index >= 15 is 0 Å². The molecule has 0 spiro atoms. The van der Waals surface area contributed by atoms with Crippen molar-refractivity contribution in [1.82, 2.24) is 9.88 Å². The van der Waals surface area contributed by atoms with E-state index in [-0.39, 0.29) is 0 Å². The highest BCUT2D eigenvalue weighted by atomic mass is 15.1. The highest BCUT2D eigenvalue weighted by molar-refractivity contribution is 5.62. The molecule has 3 N–H and O–H groups in total. The Hall–Kier alpha value is -1.29. The minimum atomic E-state index is 0.508. The Kier molecular flexibility index (Phi) is 3.29. The summed E-state index contributed by atoms with van der Waals surface area (Å²) in [6, 6.07) is 2.47. The molecule has 2 rings (SSSR count). The Morgan fingerprint density at radius 2 is 2.12 bits per heavy atom. The zero-order valence-corrected chi connectivity index (χ0v) is 10.0. The van der Waals surface area contributed by atoms with Crippen molar-refractivity contribution >= 4 is 11.5 Å². The minimum Gasteiger partial charge on any atom is -0.396 e. The van der Waals surface area contributed by atoms with Gasteiger partial charge in [-0.2, -0.15) is 0 Å². The molecule has 1 aromatic heterocycles. The van der Waals surface area contributed by atoms with Crippen molar-refractivity contribution in [3.8, 4) is 0 Å². The van der Waals surface area contributed by atoms with Crippen molar-refractivity contribution in [3.63, 3.8) is 0 Å². The van der Waals surface area contributed by atoms with E-state index in [9.17, 15) is 0 Å². The summed E-state index contributed by atoms with van der Waals surface area (Å²) in [5, 5.41) is 3.43. The molecule has 0 radical (unpaired) electrons. The van der Waals surface area contributed by atoms with Crippen LogP contribution < -0.4 is 11.1 Å². The highest BCUT2D eigenvalue weighted by Gasteiger charge is 2.17. The van der Waals surface area contributed by atoms with Crippen LogP contribution in [0.1, 0.15) is 18.4 Å². The Labute approximate surface area is 96.8 Å². The second-order valence-corrected chi connectivity index (χ2v) is 4.67. The number of hydrogen-bond acceptors (Lipinski definition) is 4. The van der Waals surface area contributed by atoms with Gasteiger partial charge in [0.05, 0.1) is 5.69 Å². The zero-order chi connectivity index (χ0) is 11.5. The van der Waals surface area contributed by atoms with Gasteiger partial charge in [0.2, 0.25) is 0 Å². The molecule has 1 saturated heterocycles. The van der Waals surface area contributed by atoms with Gasteiger partial charge in [0.25, 0.3) is 0 Å². The molecule has 4 nitrogen and oxygen atoms in total. The number of likely N-dealkylation sites (tertiary alicyclic amines) is 1. The standard InChI is InChI=1S/C12H20N4/c1-9-7-11(13)12(14-8-9)15-10-3-5-16(2)6-4-10/h7-8,10H,3-6,13H2,1-2H3,(H,14,15). The summed E-state index contributed by atoms with van der Waals surface area (Å²) in [4.78, 5) is 6.69. The van der Waals surface area contributed by atoms with Crippen molar-refractivity contribution in [2.75, 3.05) is 31.2 Å². The second kappa shape index (κ2) is 4.70. The van der Waals surface area contributed by atoms with Crippen LogP contribution in [0.25, 0.3) is 0 Å². The van der Waals surface area contributed by atoms with Gasteiger partial charge in [-0.05, 0) is 51.5 Å². The van der Waals surface area contributed by atoms with Crippen LogP contribution in [0.2, 0.25) is 0 Å². The van der Waals surface area contributed by atoms with E-state index in [1.807, 2.05) is 19.2 Å². The third-order valence-electron chi connectivity index (χ3n) is 3.11. The highest BCUT2D eigenvalue weighted by Crippen LogP contribution is 2.20. The summed E-state index contributed by atoms with van der Waals surface area (Å²) in [7, 11) is 2.16. The lowest BCUT2D eigenvalue weighted by Gasteiger charge is -2.30. The molecule has 16 heavy (non-hydrogen) atoms. The summed E-state index contributed by atoms with van der Waals surface area (Å²) in [5.74, 6) is 0.833. The molecule has 1 aliphatic rings. The third kappa shape index (κ3) is 2.64. The number of nitrogen functional groups attached to an aromatic ring is 1. The van der Waals surface area contributed by atoms with Gasteiger partial charge in [-0.1, -0.05) is 0 Å². The first-order valence-electron chi connectivity index (χ1n) is 5.82. The van der Waals surface area contributed by atoms with Crippen LogP contribution in [-0.4, -0.2) is 36.1 Å². The number of nitrogens with zero attached hydrogens (tertiary/aromatic N) is 2. The molecule has 1 aromatic rings. The molecule has 0 aliphatic carbocycles.